The number of benzene rings is 1. The summed E-state index contributed by atoms with van der Waals surface area (Å²) in [4.78, 5) is 28.8. The first-order valence-corrected chi connectivity index (χ1v) is 6.63. The number of amides is 2. The van der Waals surface area contributed by atoms with Crippen molar-refractivity contribution in [2.45, 2.75) is 26.4 Å². The molecule has 116 valence electrons. The van der Waals surface area contributed by atoms with Crippen LogP contribution in [-0.2, 0) is 9.57 Å². The monoisotopic (exact) mass is 314 g/mol. The van der Waals surface area contributed by atoms with E-state index in [1.54, 1.807) is 26.8 Å². The number of nitrogens with one attached hydrogen (secondary N) is 1. The highest BCUT2D eigenvalue weighted by atomic mass is 35.5. The molecule has 0 aliphatic rings. The molecule has 1 N–H and O–H groups in total. The van der Waals surface area contributed by atoms with Crippen LogP contribution in [0.3, 0.4) is 0 Å². The lowest BCUT2D eigenvalue weighted by Crippen LogP contribution is -2.29. The molecule has 0 saturated carbocycles. The van der Waals surface area contributed by atoms with Gasteiger partial charge < -0.3 is 4.74 Å². The molecule has 0 bridgehead atoms. The van der Waals surface area contributed by atoms with Gasteiger partial charge in [-0.25, -0.2) is 9.86 Å². The van der Waals surface area contributed by atoms with E-state index < -0.39 is 17.6 Å². The van der Waals surface area contributed by atoms with Gasteiger partial charge in [-0.3, -0.25) is 14.9 Å². The average Bonchev–Trinajstić information content (AvgIpc) is 2.34. The number of rotatable bonds is 3. The van der Waals surface area contributed by atoms with Crippen molar-refractivity contribution in [3.63, 3.8) is 0 Å². The SMILES string of the molecule is CON(C)C(=O)c1ccc(Cl)cc1NC(=O)OC(C)(C)C. The number of carbonyl (C=O) groups is 2. The van der Waals surface area contributed by atoms with Crippen molar-refractivity contribution in [3.8, 4) is 0 Å². The van der Waals surface area contributed by atoms with Gasteiger partial charge in [0.2, 0.25) is 0 Å². The maximum absolute atomic E-state index is 12.1. The second-order valence-corrected chi connectivity index (χ2v) is 5.74. The Morgan fingerprint density at radius 2 is 1.90 bits per heavy atom. The molecular weight excluding hydrogens is 296 g/mol. The van der Waals surface area contributed by atoms with Crippen LogP contribution in [0.4, 0.5) is 10.5 Å². The number of anilines is 1. The second-order valence-electron chi connectivity index (χ2n) is 5.30. The van der Waals surface area contributed by atoms with E-state index in [1.807, 2.05) is 0 Å². The lowest BCUT2D eigenvalue weighted by Gasteiger charge is -2.21. The smallest absolute Gasteiger partial charge is 0.412 e. The molecule has 7 heteroatoms. The van der Waals surface area contributed by atoms with E-state index in [-0.39, 0.29) is 11.3 Å². The number of carbonyl (C=O) groups excluding carboxylic acids is 2. The third-order valence-electron chi connectivity index (χ3n) is 2.41. The fraction of sp³-hybridized carbons (Fsp3) is 0.429. The Kier molecular flexibility index (Phi) is 5.57. The van der Waals surface area contributed by atoms with Gasteiger partial charge in [-0.15, -0.1) is 0 Å². The third-order valence-corrected chi connectivity index (χ3v) is 2.64. The van der Waals surface area contributed by atoms with Crippen LogP contribution in [0.5, 0.6) is 0 Å². The van der Waals surface area contributed by atoms with Gasteiger partial charge in [0.05, 0.1) is 18.4 Å². The molecule has 0 unspecified atom stereocenters. The minimum Gasteiger partial charge on any atom is -0.444 e. The standard InChI is InChI=1S/C14H19ClN2O4/c1-14(2,3)21-13(19)16-11-8-9(15)6-7-10(11)12(18)17(4)20-5/h6-8H,1-5H3,(H,16,19). The number of hydrogen-bond acceptors (Lipinski definition) is 4. The molecule has 0 heterocycles. The number of nitrogens with zero attached hydrogens (tertiary/aromatic N) is 1. The van der Waals surface area contributed by atoms with Crippen molar-refractivity contribution in [2.24, 2.45) is 0 Å². The summed E-state index contributed by atoms with van der Waals surface area (Å²) in [5.41, 5.74) is -0.142. The second kappa shape index (κ2) is 6.78. The van der Waals surface area contributed by atoms with Crippen molar-refractivity contribution in [3.05, 3.63) is 28.8 Å². The van der Waals surface area contributed by atoms with Crippen LogP contribution >= 0.6 is 11.6 Å². The van der Waals surface area contributed by atoms with E-state index in [4.69, 9.17) is 21.2 Å². The molecule has 6 nitrogen and oxygen atoms in total. The molecule has 1 rings (SSSR count). The van der Waals surface area contributed by atoms with Crippen LogP contribution in [0.15, 0.2) is 18.2 Å². The van der Waals surface area contributed by atoms with E-state index in [0.717, 1.165) is 5.06 Å². The summed E-state index contributed by atoms with van der Waals surface area (Å²) in [6.45, 7) is 5.24. The fourth-order valence-electron chi connectivity index (χ4n) is 1.47. The molecule has 0 aliphatic carbocycles. The lowest BCUT2D eigenvalue weighted by atomic mass is 10.1. The number of hydroxylamine groups is 2. The highest BCUT2D eigenvalue weighted by Gasteiger charge is 2.21. The number of halogens is 1. The molecule has 0 aromatic heterocycles. The Balaban J connectivity index is 3.03. The Hall–Kier alpha value is -1.79. The van der Waals surface area contributed by atoms with Gasteiger partial charge in [0, 0.05) is 12.1 Å². The molecule has 2 amide bonds. The van der Waals surface area contributed by atoms with Crippen molar-refractivity contribution in [2.75, 3.05) is 19.5 Å². The maximum atomic E-state index is 12.1. The maximum Gasteiger partial charge on any atom is 0.412 e. The summed E-state index contributed by atoms with van der Waals surface area (Å²) < 4.78 is 5.15. The highest BCUT2D eigenvalue weighted by Crippen LogP contribution is 2.23. The predicted octanol–water partition coefficient (Wildman–Crippen LogP) is 3.32. The summed E-state index contributed by atoms with van der Waals surface area (Å²) in [6.07, 6.45) is -0.668. The van der Waals surface area contributed by atoms with Crippen LogP contribution in [0.25, 0.3) is 0 Å². The minimum atomic E-state index is -0.668. The highest BCUT2D eigenvalue weighted by molar-refractivity contribution is 6.31. The van der Waals surface area contributed by atoms with Gasteiger partial charge in [-0.1, -0.05) is 11.6 Å². The molecule has 0 spiro atoms. The van der Waals surface area contributed by atoms with Crippen LogP contribution < -0.4 is 5.32 Å². The van der Waals surface area contributed by atoms with E-state index >= 15 is 0 Å². The van der Waals surface area contributed by atoms with Crippen molar-refractivity contribution in [1.29, 1.82) is 0 Å². The first kappa shape index (κ1) is 17.3. The van der Waals surface area contributed by atoms with Crippen molar-refractivity contribution < 1.29 is 19.2 Å². The summed E-state index contributed by atoms with van der Waals surface area (Å²) in [5, 5.41) is 3.95. The number of hydrogen-bond donors (Lipinski definition) is 1. The molecule has 0 atom stereocenters. The van der Waals surface area contributed by atoms with Crippen LogP contribution in [0.1, 0.15) is 31.1 Å². The minimum absolute atomic E-state index is 0.245. The topological polar surface area (TPSA) is 67.9 Å². The van der Waals surface area contributed by atoms with E-state index in [1.165, 1.54) is 26.3 Å². The van der Waals surface area contributed by atoms with Gasteiger partial charge in [-0.2, -0.15) is 0 Å². The Morgan fingerprint density at radius 3 is 2.43 bits per heavy atom. The molecule has 1 aromatic rings. The van der Waals surface area contributed by atoms with Gasteiger partial charge >= 0.3 is 6.09 Å². The normalized spacial score (nSPS) is 11.0. The van der Waals surface area contributed by atoms with Crippen molar-refractivity contribution in [1.82, 2.24) is 5.06 Å². The first-order valence-electron chi connectivity index (χ1n) is 6.26. The van der Waals surface area contributed by atoms with Crippen LogP contribution in [0.2, 0.25) is 5.02 Å². The van der Waals surface area contributed by atoms with Crippen LogP contribution in [0, 0.1) is 0 Å². The Bertz CT molecular complexity index is 540. The molecular formula is C14H19ClN2O4. The zero-order valence-corrected chi connectivity index (χ0v) is 13.4. The molecule has 0 aliphatic heterocycles. The summed E-state index contributed by atoms with van der Waals surface area (Å²) in [7, 11) is 2.84. The van der Waals surface area contributed by atoms with E-state index in [0.29, 0.717) is 5.02 Å². The first-order chi connectivity index (χ1) is 9.64. The quantitative estimate of drug-likeness (QED) is 0.869. The van der Waals surface area contributed by atoms with Gasteiger partial charge in [0.15, 0.2) is 0 Å². The predicted molar refractivity (Wildman–Crippen MR) is 80.4 cm³/mol. The van der Waals surface area contributed by atoms with E-state index in [9.17, 15) is 9.59 Å². The number of ether oxygens (including phenoxy) is 1. The largest absolute Gasteiger partial charge is 0.444 e. The Morgan fingerprint density at radius 1 is 1.29 bits per heavy atom. The molecule has 1 aromatic carbocycles. The van der Waals surface area contributed by atoms with Gasteiger partial charge in [0.1, 0.15) is 5.60 Å². The summed E-state index contributed by atoms with van der Waals surface area (Å²) >= 11 is 5.90. The Labute approximate surface area is 128 Å². The average molecular weight is 315 g/mol. The molecule has 0 saturated heterocycles. The van der Waals surface area contributed by atoms with Crippen molar-refractivity contribution >= 4 is 29.3 Å². The summed E-state index contributed by atoms with van der Waals surface area (Å²) in [6, 6.07) is 4.54. The van der Waals surface area contributed by atoms with Gasteiger partial charge in [-0.05, 0) is 39.0 Å². The van der Waals surface area contributed by atoms with Gasteiger partial charge in [0.25, 0.3) is 5.91 Å². The molecule has 0 radical (unpaired) electrons. The lowest BCUT2D eigenvalue weighted by molar-refractivity contribution is -0.0756. The fourth-order valence-corrected chi connectivity index (χ4v) is 1.64. The van der Waals surface area contributed by atoms with E-state index in [2.05, 4.69) is 5.32 Å². The zero-order chi connectivity index (χ0) is 16.2. The van der Waals surface area contributed by atoms with Crippen LogP contribution in [-0.4, -0.2) is 36.8 Å². The molecule has 21 heavy (non-hydrogen) atoms. The zero-order valence-electron chi connectivity index (χ0n) is 12.7. The molecule has 0 fully saturated rings. The summed E-state index contributed by atoms with van der Waals surface area (Å²) in [5.74, 6) is -0.416. The third kappa shape index (κ3) is 5.24.